The summed E-state index contributed by atoms with van der Waals surface area (Å²) in [6.45, 7) is 2.90. The first-order chi connectivity index (χ1) is 9.19. The summed E-state index contributed by atoms with van der Waals surface area (Å²) in [6.07, 6.45) is 5.10. The molecule has 1 fully saturated rings. The van der Waals surface area contributed by atoms with Crippen LogP contribution in [0.2, 0.25) is 0 Å². The first-order valence-electron chi connectivity index (χ1n) is 7.35. The zero-order valence-electron chi connectivity index (χ0n) is 11.6. The van der Waals surface area contributed by atoms with Gasteiger partial charge in [0.25, 0.3) is 0 Å². The van der Waals surface area contributed by atoms with E-state index >= 15 is 0 Å². The van der Waals surface area contributed by atoms with Crippen LogP contribution in [-0.2, 0) is 17.6 Å². The average Bonchev–Trinajstić information content (AvgIpc) is 2.43. The molecule has 0 aromatic heterocycles. The second-order valence-corrected chi connectivity index (χ2v) is 5.85. The Balaban J connectivity index is 1.89. The van der Waals surface area contributed by atoms with Gasteiger partial charge in [-0.15, -0.1) is 0 Å². The molecule has 0 radical (unpaired) electrons. The third-order valence-corrected chi connectivity index (χ3v) is 4.68. The van der Waals surface area contributed by atoms with E-state index in [0.29, 0.717) is 24.3 Å². The molecule has 0 spiro atoms. The van der Waals surface area contributed by atoms with Crippen LogP contribution >= 0.6 is 0 Å². The highest BCUT2D eigenvalue weighted by atomic mass is 16.2. The quantitative estimate of drug-likeness (QED) is 0.786. The molecule has 1 aliphatic carbocycles. The molecule has 2 atom stereocenters. The van der Waals surface area contributed by atoms with Gasteiger partial charge in [-0.2, -0.15) is 0 Å². The Bertz CT molecular complexity index is 498. The van der Waals surface area contributed by atoms with Crippen LogP contribution in [0.15, 0.2) is 18.2 Å². The smallest absolute Gasteiger partial charge is 0.222 e. The van der Waals surface area contributed by atoms with Crippen LogP contribution in [0.5, 0.6) is 0 Å². The molecule has 1 aromatic carbocycles. The van der Waals surface area contributed by atoms with Gasteiger partial charge in [0, 0.05) is 24.7 Å². The van der Waals surface area contributed by atoms with Crippen molar-refractivity contribution in [2.75, 3.05) is 12.3 Å². The molecule has 0 saturated carbocycles. The van der Waals surface area contributed by atoms with Crippen molar-refractivity contribution in [2.24, 2.45) is 5.92 Å². The minimum absolute atomic E-state index is 0.314. The third-order valence-electron chi connectivity index (χ3n) is 4.68. The number of piperidine rings is 1. The monoisotopic (exact) mass is 258 g/mol. The van der Waals surface area contributed by atoms with Crippen LogP contribution in [0.25, 0.3) is 0 Å². The number of nitrogens with zero attached hydrogens (tertiary/aromatic N) is 1. The van der Waals surface area contributed by atoms with Gasteiger partial charge in [0.15, 0.2) is 0 Å². The van der Waals surface area contributed by atoms with E-state index in [1.807, 2.05) is 13.0 Å². The Labute approximate surface area is 114 Å². The molecule has 1 aromatic rings. The molecule has 1 amide bonds. The zero-order valence-corrected chi connectivity index (χ0v) is 11.6. The van der Waals surface area contributed by atoms with Gasteiger partial charge in [0.05, 0.1) is 0 Å². The summed E-state index contributed by atoms with van der Waals surface area (Å²) in [5, 5.41) is 0. The normalized spacial score (nSPS) is 25.6. The number of likely N-dealkylation sites (tertiary alicyclic amines) is 1. The summed E-state index contributed by atoms with van der Waals surface area (Å²) in [7, 11) is 0. The van der Waals surface area contributed by atoms with Crippen LogP contribution in [-0.4, -0.2) is 23.4 Å². The topological polar surface area (TPSA) is 46.3 Å². The number of nitrogens with two attached hydrogens (primary N) is 1. The van der Waals surface area contributed by atoms with Crippen molar-refractivity contribution in [3.8, 4) is 0 Å². The molecular weight excluding hydrogens is 236 g/mol. The number of anilines is 1. The van der Waals surface area contributed by atoms with Gasteiger partial charge >= 0.3 is 0 Å². The molecule has 102 valence electrons. The minimum Gasteiger partial charge on any atom is -0.399 e. The van der Waals surface area contributed by atoms with Gasteiger partial charge in [0.2, 0.25) is 5.91 Å². The summed E-state index contributed by atoms with van der Waals surface area (Å²) in [6, 6.07) is 6.65. The molecule has 3 nitrogen and oxygen atoms in total. The highest BCUT2D eigenvalue weighted by Crippen LogP contribution is 2.35. The van der Waals surface area contributed by atoms with Gasteiger partial charge in [-0.05, 0) is 54.9 Å². The van der Waals surface area contributed by atoms with Gasteiger partial charge in [-0.3, -0.25) is 4.79 Å². The number of hydrogen-bond donors (Lipinski definition) is 1. The molecule has 2 aliphatic rings. The average molecular weight is 258 g/mol. The van der Waals surface area contributed by atoms with E-state index in [1.54, 1.807) is 0 Å². The second-order valence-electron chi connectivity index (χ2n) is 5.85. The Hall–Kier alpha value is -1.51. The summed E-state index contributed by atoms with van der Waals surface area (Å²) in [4.78, 5) is 14.2. The number of carbonyl (C=O) groups is 1. The largest absolute Gasteiger partial charge is 0.399 e. The van der Waals surface area contributed by atoms with Gasteiger partial charge in [0.1, 0.15) is 0 Å². The van der Waals surface area contributed by atoms with E-state index in [-0.39, 0.29) is 0 Å². The summed E-state index contributed by atoms with van der Waals surface area (Å²) < 4.78 is 0. The van der Waals surface area contributed by atoms with E-state index in [9.17, 15) is 4.79 Å². The maximum absolute atomic E-state index is 12.1. The molecule has 1 heterocycles. The molecule has 3 heteroatoms. The first-order valence-corrected chi connectivity index (χ1v) is 7.35. The number of carbonyl (C=O) groups excluding carboxylic acids is 1. The molecule has 1 saturated heterocycles. The molecule has 1 aliphatic heterocycles. The van der Waals surface area contributed by atoms with Crippen molar-refractivity contribution < 1.29 is 4.79 Å². The van der Waals surface area contributed by atoms with E-state index in [4.69, 9.17) is 5.73 Å². The van der Waals surface area contributed by atoms with E-state index in [2.05, 4.69) is 17.0 Å². The number of benzene rings is 1. The number of hydrogen-bond acceptors (Lipinski definition) is 2. The number of rotatable bonds is 1. The Morgan fingerprint density at radius 3 is 3.00 bits per heavy atom. The Morgan fingerprint density at radius 2 is 2.21 bits per heavy atom. The third kappa shape index (κ3) is 2.22. The lowest BCUT2D eigenvalue weighted by Gasteiger charge is -2.44. The lowest BCUT2D eigenvalue weighted by Crippen LogP contribution is -2.51. The Morgan fingerprint density at radius 1 is 1.37 bits per heavy atom. The summed E-state index contributed by atoms with van der Waals surface area (Å²) in [5.41, 5.74) is 9.51. The number of fused-ring (bicyclic) bond motifs is 2. The van der Waals surface area contributed by atoms with Crippen molar-refractivity contribution in [2.45, 2.75) is 45.1 Å². The summed E-state index contributed by atoms with van der Waals surface area (Å²) >= 11 is 0. The van der Waals surface area contributed by atoms with Crippen molar-refractivity contribution in [3.63, 3.8) is 0 Å². The van der Waals surface area contributed by atoms with Crippen LogP contribution in [0.1, 0.15) is 37.3 Å². The lowest BCUT2D eigenvalue weighted by atomic mass is 9.75. The molecule has 0 unspecified atom stereocenters. The lowest BCUT2D eigenvalue weighted by molar-refractivity contribution is -0.136. The Kier molecular flexibility index (Phi) is 3.21. The molecule has 19 heavy (non-hydrogen) atoms. The molecular formula is C16H22N2O. The fourth-order valence-corrected chi connectivity index (χ4v) is 3.71. The van der Waals surface area contributed by atoms with Crippen LogP contribution in [0, 0.1) is 5.92 Å². The standard InChI is InChI=1S/C16H22N2O/c1-2-16(19)18-7-3-4-12-8-13-9-14(17)6-5-11(13)10-15(12)18/h5-6,9,12,15H,2-4,7-8,10,17H2,1H3/t12-,15-/m0/s1. The fourth-order valence-electron chi connectivity index (χ4n) is 3.71. The fraction of sp³-hybridized carbons (Fsp3) is 0.562. The molecule has 2 N–H and O–H groups in total. The van der Waals surface area contributed by atoms with Crippen molar-refractivity contribution in [3.05, 3.63) is 29.3 Å². The zero-order chi connectivity index (χ0) is 13.4. The molecule has 3 rings (SSSR count). The van der Waals surface area contributed by atoms with E-state index < -0.39 is 0 Å². The maximum Gasteiger partial charge on any atom is 0.222 e. The number of nitrogen functional groups attached to an aromatic ring is 1. The van der Waals surface area contributed by atoms with Crippen molar-refractivity contribution in [1.29, 1.82) is 0 Å². The predicted molar refractivity (Wildman–Crippen MR) is 76.8 cm³/mol. The molecule has 0 bridgehead atoms. The first kappa shape index (κ1) is 12.5. The van der Waals surface area contributed by atoms with Crippen molar-refractivity contribution in [1.82, 2.24) is 4.90 Å². The minimum atomic E-state index is 0.314. The van der Waals surface area contributed by atoms with Gasteiger partial charge in [-0.25, -0.2) is 0 Å². The van der Waals surface area contributed by atoms with Crippen LogP contribution in [0.3, 0.4) is 0 Å². The van der Waals surface area contributed by atoms with E-state index in [1.165, 1.54) is 17.5 Å². The maximum atomic E-state index is 12.1. The van der Waals surface area contributed by atoms with Gasteiger partial charge < -0.3 is 10.6 Å². The number of amides is 1. The SMILES string of the molecule is CCC(=O)N1CCC[C@H]2Cc3cc(N)ccc3C[C@@H]21. The van der Waals surface area contributed by atoms with Gasteiger partial charge in [-0.1, -0.05) is 13.0 Å². The van der Waals surface area contributed by atoms with E-state index in [0.717, 1.165) is 31.5 Å². The van der Waals surface area contributed by atoms with Crippen LogP contribution < -0.4 is 5.73 Å². The highest BCUT2D eigenvalue weighted by Gasteiger charge is 2.36. The van der Waals surface area contributed by atoms with Crippen LogP contribution in [0.4, 0.5) is 5.69 Å². The predicted octanol–water partition coefficient (Wildman–Crippen LogP) is 2.38. The second kappa shape index (κ2) is 4.87. The summed E-state index contributed by atoms with van der Waals surface area (Å²) in [5.74, 6) is 0.937. The highest BCUT2D eigenvalue weighted by molar-refractivity contribution is 5.76. The van der Waals surface area contributed by atoms with Crippen molar-refractivity contribution >= 4 is 11.6 Å².